The van der Waals surface area contributed by atoms with Crippen LogP contribution in [-0.2, 0) is 22.5 Å². The van der Waals surface area contributed by atoms with E-state index in [1.165, 1.54) is 0 Å². The summed E-state index contributed by atoms with van der Waals surface area (Å²) in [6.45, 7) is 4.18. The molecule has 0 aromatic carbocycles. The summed E-state index contributed by atoms with van der Waals surface area (Å²) in [6, 6.07) is 0. The van der Waals surface area contributed by atoms with Gasteiger partial charge in [0.25, 0.3) is 0 Å². The van der Waals surface area contributed by atoms with Crippen LogP contribution in [0.15, 0.2) is 5.16 Å². The van der Waals surface area contributed by atoms with E-state index in [9.17, 15) is 4.79 Å². The topological polar surface area (TPSA) is 69.0 Å². The molecule has 1 amide bonds. The predicted molar refractivity (Wildman–Crippen MR) is 73.2 cm³/mol. The largest absolute Gasteiger partial charge is 0.368 e. The van der Waals surface area contributed by atoms with Gasteiger partial charge in [0, 0.05) is 26.1 Å². The molecule has 1 atom stereocenters. The molecule has 0 radical (unpaired) electrons. The second-order valence-corrected chi connectivity index (χ2v) is 5.16. The smallest absolute Gasteiger partial charge is 0.249 e. The highest BCUT2D eigenvalue weighted by atomic mass is 32.2. The van der Waals surface area contributed by atoms with Crippen LogP contribution in [0.4, 0.5) is 0 Å². The molecular formula is C12H20N4O2S. The monoisotopic (exact) mass is 284 g/mol. The van der Waals surface area contributed by atoms with E-state index < -0.39 is 0 Å². The van der Waals surface area contributed by atoms with Crippen LogP contribution in [0.25, 0.3) is 0 Å². The number of carbonyl (C=O) groups excluding carboxylic acids is 1. The number of aromatic nitrogens is 3. The molecule has 2 rings (SSSR count). The molecule has 1 fully saturated rings. The molecule has 7 heteroatoms. The normalized spacial score (nSPS) is 18.7. The number of rotatable bonds is 6. The summed E-state index contributed by atoms with van der Waals surface area (Å²) >= 11 is 1.58. The van der Waals surface area contributed by atoms with Crippen LogP contribution in [0, 0.1) is 0 Å². The number of nitrogens with zero attached hydrogens (tertiary/aromatic N) is 3. The number of thioether (sulfide) groups is 1. The maximum Gasteiger partial charge on any atom is 0.249 e. The van der Waals surface area contributed by atoms with E-state index in [-0.39, 0.29) is 12.0 Å². The summed E-state index contributed by atoms with van der Waals surface area (Å²) in [4.78, 5) is 11.8. The molecule has 1 aromatic rings. The van der Waals surface area contributed by atoms with Crippen molar-refractivity contribution in [3.8, 4) is 0 Å². The molecule has 1 aromatic heterocycles. The van der Waals surface area contributed by atoms with Gasteiger partial charge in [0.15, 0.2) is 5.16 Å². The first kappa shape index (κ1) is 14.3. The van der Waals surface area contributed by atoms with Crippen molar-refractivity contribution in [2.75, 3.05) is 19.4 Å². The van der Waals surface area contributed by atoms with Gasteiger partial charge < -0.3 is 14.6 Å². The lowest BCUT2D eigenvalue weighted by Crippen LogP contribution is -2.35. The zero-order valence-corrected chi connectivity index (χ0v) is 12.2. The van der Waals surface area contributed by atoms with Crippen molar-refractivity contribution < 1.29 is 9.53 Å². The number of nitrogens with one attached hydrogen (secondary N) is 1. The fraction of sp³-hybridized carbons (Fsp3) is 0.750. The van der Waals surface area contributed by atoms with Gasteiger partial charge in [-0.15, -0.1) is 10.2 Å². The summed E-state index contributed by atoms with van der Waals surface area (Å²) < 4.78 is 7.41. The Hall–Kier alpha value is -1.08. The predicted octanol–water partition coefficient (Wildman–Crippen LogP) is 0.858. The van der Waals surface area contributed by atoms with E-state index >= 15 is 0 Å². The molecule has 2 heterocycles. The SMILES string of the molecule is CCn1c(CCNC(=O)[C@@H]2CCCO2)nnc1SC. The van der Waals surface area contributed by atoms with Gasteiger partial charge in [-0.2, -0.15) is 0 Å². The Morgan fingerprint density at radius 1 is 1.58 bits per heavy atom. The van der Waals surface area contributed by atoms with Crippen molar-refractivity contribution in [3.05, 3.63) is 5.82 Å². The lowest BCUT2D eigenvalue weighted by atomic mass is 10.2. The van der Waals surface area contributed by atoms with Crippen molar-refractivity contribution in [3.63, 3.8) is 0 Å². The average Bonchev–Trinajstić information content (AvgIpc) is 3.07. The number of carbonyl (C=O) groups is 1. The highest BCUT2D eigenvalue weighted by molar-refractivity contribution is 7.98. The minimum atomic E-state index is -0.259. The quantitative estimate of drug-likeness (QED) is 0.785. The highest BCUT2D eigenvalue weighted by Crippen LogP contribution is 2.14. The molecular weight excluding hydrogens is 264 g/mol. The molecule has 1 saturated heterocycles. The van der Waals surface area contributed by atoms with Crippen LogP contribution >= 0.6 is 11.8 Å². The lowest BCUT2D eigenvalue weighted by molar-refractivity contribution is -0.130. The molecule has 0 spiro atoms. The van der Waals surface area contributed by atoms with Gasteiger partial charge in [-0.05, 0) is 26.0 Å². The Morgan fingerprint density at radius 3 is 3.05 bits per heavy atom. The van der Waals surface area contributed by atoms with Crippen molar-refractivity contribution in [2.45, 2.75) is 44.0 Å². The van der Waals surface area contributed by atoms with E-state index in [0.29, 0.717) is 19.6 Å². The number of hydrogen-bond acceptors (Lipinski definition) is 5. The second-order valence-electron chi connectivity index (χ2n) is 4.39. The maximum atomic E-state index is 11.8. The van der Waals surface area contributed by atoms with Crippen molar-refractivity contribution in [1.82, 2.24) is 20.1 Å². The van der Waals surface area contributed by atoms with E-state index in [1.807, 2.05) is 6.26 Å². The first-order valence-electron chi connectivity index (χ1n) is 6.61. The summed E-state index contributed by atoms with van der Waals surface area (Å²) in [5.74, 6) is 0.907. The Bertz CT molecular complexity index is 429. The lowest BCUT2D eigenvalue weighted by Gasteiger charge is -2.10. The van der Waals surface area contributed by atoms with Crippen LogP contribution in [-0.4, -0.2) is 46.2 Å². The standard InChI is InChI=1S/C12H20N4O2S/c1-3-16-10(14-15-12(16)19-2)6-7-13-11(17)9-5-4-8-18-9/h9H,3-8H2,1-2H3,(H,13,17)/t9-/m0/s1. The minimum Gasteiger partial charge on any atom is -0.368 e. The Morgan fingerprint density at radius 2 is 2.42 bits per heavy atom. The molecule has 19 heavy (non-hydrogen) atoms. The zero-order chi connectivity index (χ0) is 13.7. The fourth-order valence-corrected chi connectivity index (χ4v) is 2.75. The first-order chi connectivity index (χ1) is 9.26. The van der Waals surface area contributed by atoms with Crippen LogP contribution in [0.2, 0.25) is 0 Å². The van der Waals surface area contributed by atoms with Gasteiger partial charge in [0.1, 0.15) is 11.9 Å². The van der Waals surface area contributed by atoms with Crippen LogP contribution in [0.5, 0.6) is 0 Å². The highest BCUT2D eigenvalue weighted by Gasteiger charge is 2.23. The van der Waals surface area contributed by atoms with Gasteiger partial charge >= 0.3 is 0 Å². The maximum absolute atomic E-state index is 11.8. The van der Waals surface area contributed by atoms with Gasteiger partial charge in [-0.3, -0.25) is 4.79 Å². The van der Waals surface area contributed by atoms with Crippen molar-refractivity contribution in [2.24, 2.45) is 0 Å². The molecule has 0 bridgehead atoms. The third kappa shape index (κ3) is 3.48. The van der Waals surface area contributed by atoms with Crippen LogP contribution in [0.3, 0.4) is 0 Å². The summed E-state index contributed by atoms with van der Waals surface area (Å²) in [6.07, 6.45) is 4.22. The molecule has 1 aliphatic rings. The zero-order valence-electron chi connectivity index (χ0n) is 11.4. The van der Waals surface area contributed by atoms with Crippen LogP contribution < -0.4 is 5.32 Å². The van der Waals surface area contributed by atoms with Gasteiger partial charge in [0.2, 0.25) is 5.91 Å². The van der Waals surface area contributed by atoms with E-state index in [0.717, 1.165) is 30.4 Å². The first-order valence-corrected chi connectivity index (χ1v) is 7.84. The number of hydrogen-bond donors (Lipinski definition) is 1. The molecule has 1 aliphatic heterocycles. The molecule has 106 valence electrons. The third-order valence-electron chi connectivity index (χ3n) is 3.16. The third-order valence-corrected chi connectivity index (χ3v) is 3.83. The summed E-state index contributed by atoms with van der Waals surface area (Å²) in [7, 11) is 0. The number of ether oxygens (including phenoxy) is 1. The molecule has 1 N–H and O–H groups in total. The van der Waals surface area contributed by atoms with Gasteiger partial charge in [0.05, 0.1) is 0 Å². The van der Waals surface area contributed by atoms with Gasteiger partial charge in [-0.1, -0.05) is 11.8 Å². The Labute approximate surface area is 117 Å². The Kier molecular flexibility index (Phi) is 5.21. The average molecular weight is 284 g/mol. The summed E-state index contributed by atoms with van der Waals surface area (Å²) in [5.41, 5.74) is 0. The van der Waals surface area contributed by atoms with Gasteiger partial charge in [-0.25, -0.2) is 0 Å². The Balaban J connectivity index is 1.82. The van der Waals surface area contributed by atoms with Crippen LogP contribution in [0.1, 0.15) is 25.6 Å². The minimum absolute atomic E-state index is 0.00912. The van der Waals surface area contributed by atoms with Crippen molar-refractivity contribution in [1.29, 1.82) is 0 Å². The molecule has 0 unspecified atom stereocenters. The molecule has 6 nitrogen and oxygen atoms in total. The van der Waals surface area contributed by atoms with E-state index in [2.05, 4.69) is 27.0 Å². The van der Waals surface area contributed by atoms with E-state index in [4.69, 9.17) is 4.74 Å². The second kappa shape index (κ2) is 6.91. The van der Waals surface area contributed by atoms with E-state index in [1.54, 1.807) is 11.8 Å². The fourth-order valence-electron chi connectivity index (χ4n) is 2.17. The van der Waals surface area contributed by atoms with Crippen molar-refractivity contribution >= 4 is 17.7 Å². The summed E-state index contributed by atoms with van der Waals surface area (Å²) in [5, 5.41) is 12.1. The molecule has 0 aliphatic carbocycles. The molecule has 0 saturated carbocycles. The number of amides is 1.